The lowest BCUT2D eigenvalue weighted by molar-refractivity contribution is -0.121. The lowest BCUT2D eigenvalue weighted by atomic mass is 9.85. The van der Waals surface area contributed by atoms with Crippen LogP contribution in [0.15, 0.2) is 76.4 Å². The number of amides is 1. The molecule has 3 aromatic carbocycles. The third-order valence-corrected chi connectivity index (χ3v) is 8.10. The predicted molar refractivity (Wildman–Crippen MR) is 154 cm³/mol. The number of hydrogen-bond acceptors (Lipinski definition) is 5. The van der Waals surface area contributed by atoms with Crippen LogP contribution in [0.5, 0.6) is 0 Å². The average molecular weight is 577 g/mol. The maximum atomic E-state index is 13.8. The number of aromatic nitrogens is 3. The predicted octanol–water partition coefficient (Wildman–Crippen LogP) is 6.92. The Morgan fingerprint density at radius 1 is 1.05 bits per heavy atom. The van der Waals surface area contributed by atoms with Gasteiger partial charge in [-0.1, -0.05) is 87.3 Å². The van der Waals surface area contributed by atoms with Crippen LogP contribution >= 0.6 is 27.7 Å². The zero-order valence-electron chi connectivity index (χ0n) is 21.3. The van der Waals surface area contributed by atoms with E-state index in [1.165, 1.54) is 11.1 Å². The fourth-order valence-electron chi connectivity index (χ4n) is 4.91. The van der Waals surface area contributed by atoms with Crippen molar-refractivity contribution in [3.8, 4) is 0 Å². The number of carbonyl (C=O) groups excluding carboxylic acids is 1. The standard InChI is InChI=1S/C29H30BrN5OS/c1-17-7-5-8-21(14-17)16-37-29-33-28-31-20(4)25(27(36)32-24-12-11-18(2)13-19(24)3)26(35(28)34-29)22-9-6-10-23(30)15-22/h5-15,20,25-26H,16H2,1-4H3,(H,32,36)(H,31,33,34)/t20-,25+,26-/m1/s1. The monoisotopic (exact) mass is 575 g/mol. The molecule has 4 aromatic rings. The second kappa shape index (κ2) is 10.7. The molecular formula is C29H30BrN5OS. The van der Waals surface area contributed by atoms with Gasteiger partial charge in [0.2, 0.25) is 17.0 Å². The Morgan fingerprint density at radius 2 is 1.84 bits per heavy atom. The quantitative estimate of drug-likeness (QED) is 0.244. The summed E-state index contributed by atoms with van der Waals surface area (Å²) in [7, 11) is 0. The topological polar surface area (TPSA) is 71.8 Å². The summed E-state index contributed by atoms with van der Waals surface area (Å²) < 4.78 is 2.84. The number of aryl methyl sites for hydroxylation is 3. The second-order valence-corrected chi connectivity index (χ2v) is 11.6. The zero-order valence-corrected chi connectivity index (χ0v) is 23.7. The van der Waals surface area contributed by atoms with Gasteiger partial charge in [-0.2, -0.15) is 4.98 Å². The van der Waals surface area contributed by atoms with E-state index in [1.54, 1.807) is 11.8 Å². The van der Waals surface area contributed by atoms with E-state index >= 15 is 0 Å². The third-order valence-electron chi connectivity index (χ3n) is 6.69. The van der Waals surface area contributed by atoms with Gasteiger partial charge in [-0.15, -0.1) is 5.10 Å². The van der Waals surface area contributed by atoms with Crippen molar-refractivity contribution in [1.29, 1.82) is 0 Å². The molecule has 1 aliphatic heterocycles. The first kappa shape index (κ1) is 25.5. The van der Waals surface area contributed by atoms with Crippen molar-refractivity contribution in [2.45, 2.75) is 50.7 Å². The number of halogens is 1. The molecule has 6 nitrogen and oxygen atoms in total. The smallest absolute Gasteiger partial charge is 0.232 e. The van der Waals surface area contributed by atoms with E-state index in [-0.39, 0.29) is 18.0 Å². The molecule has 0 aliphatic carbocycles. The Morgan fingerprint density at radius 3 is 2.59 bits per heavy atom. The first-order chi connectivity index (χ1) is 17.8. The number of benzene rings is 3. The lowest BCUT2D eigenvalue weighted by Crippen LogP contribution is -2.46. The molecule has 37 heavy (non-hydrogen) atoms. The van der Waals surface area contributed by atoms with Crippen LogP contribution < -0.4 is 10.6 Å². The van der Waals surface area contributed by atoms with E-state index < -0.39 is 5.92 Å². The van der Waals surface area contributed by atoms with Crippen LogP contribution in [0.2, 0.25) is 0 Å². The van der Waals surface area contributed by atoms with E-state index in [2.05, 4.69) is 82.9 Å². The molecule has 0 bridgehead atoms. The molecule has 0 spiro atoms. The van der Waals surface area contributed by atoms with Crippen LogP contribution in [0.4, 0.5) is 11.6 Å². The van der Waals surface area contributed by atoms with Gasteiger partial charge in [0.25, 0.3) is 0 Å². The highest BCUT2D eigenvalue weighted by Crippen LogP contribution is 2.39. The van der Waals surface area contributed by atoms with Crippen molar-refractivity contribution in [1.82, 2.24) is 14.8 Å². The number of hydrogen-bond donors (Lipinski definition) is 2. The third kappa shape index (κ3) is 5.60. The van der Waals surface area contributed by atoms with Gasteiger partial charge < -0.3 is 10.6 Å². The Hall–Kier alpha value is -3.10. The number of fused-ring (bicyclic) bond motifs is 1. The summed E-state index contributed by atoms with van der Waals surface area (Å²) in [5.41, 5.74) is 6.50. The van der Waals surface area contributed by atoms with Crippen molar-refractivity contribution in [3.05, 3.63) is 99.0 Å². The van der Waals surface area contributed by atoms with Gasteiger partial charge in [-0.25, -0.2) is 4.68 Å². The van der Waals surface area contributed by atoms with Gasteiger partial charge in [0, 0.05) is 22.0 Å². The van der Waals surface area contributed by atoms with Gasteiger partial charge >= 0.3 is 0 Å². The molecule has 1 amide bonds. The zero-order chi connectivity index (χ0) is 26.1. The largest absolute Gasteiger partial charge is 0.351 e. The molecule has 1 aromatic heterocycles. The highest BCUT2D eigenvalue weighted by Gasteiger charge is 2.42. The summed E-state index contributed by atoms with van der Waals surface area (Å²) in [6, 6.07) is 22.2. The Bertz CT molecular complexity index is 1450. The molecule has 1 aliphatic rings. The first-order valence-electron chi connectivity index (χ1n) is 12.3. The fourth-order valence-corrected chi connectivity index (χ4v) is 6.09. The van der Waals surface area contributed by atoms with Crippen LogP contribution in [0.1, 0.15) is 40.8 Å². The fraction of sp³-hybridized carbons (Fsp3) is 0.276. The van der Waals surface area contributed by atoms with Crippen LogP contribution in [-0.4, -0.2) is 26.7 Å². The maximum absolute atomic E-state index is 13.8. The second-order valence-electron chi connectivity index (χ2n) is 9.71. The highest BCUT2D eigenvalue weighted by molar-refractivity contribution is 9.10. The van der Waals surface area contributed by atoms with E-state index in [0.717, 1.165) is 32.6 Å². The van der Waals surface area contributed by atoms with Crippen LogP contribution in [0, 0.1) is 26.7 Å². The molecular weight excluding hydrogens is 546 g/mol. The Labute approximate surface area is 230 Å². The van der Waals surface area contributed by atoms with Crippen molar-refractivity contribution >= 4 is 45.2 Å². The molecule has 0 saturated carbocycles. The van der Waals surface area contributed by atoms with E-state index in [1.807, 2.05) is 42.8 Å². The molecule has 0 unspecified atom stereocenters. The highest BCUT2D eigenvalue weighted by atomic mass is 79.9. The first-order valence-corrected chi connectivity index (χ1v) is 14.1. The van der Waals surface area contributed by atoms with Crippen molar-refractivity contribution in [2.75, 3.05) is 10.6 Å². The van der Waals surface area contributed by atoms with Crippen LogP contribution in [0.25, 0.3) is 0 Å². The molecule has 2 heterocycles. The summed E-state index contributed by atoms with van der Waals surface area (Å²) >= 11 is 5.21. The number of rotatable bonds is 6. The summed E-state index contributed by atoms with van der Waals surface area (Å²) in [4.78, 5) is 18.6. The summed E-state index contributed by atoms with van der Waals surface area (Å²) in [6.07, 6.45) is 0. The van der Waals surface area contributed by atoms with Crippen molar-refractivity contribution in [2.24, 2.45) is 5.92 Å². The normalized spacial score (nSPS) is 18.7. The minimum Gasteiger partial charge on any atom is -0.351 e. The van der Waals surface area contributed by atoms with Crippen LogP contribution in [-0.2, 0) is 10.5 Å². The molecule has 5 rings (SSSR count). The molecule has 0 saturated heterocycles. The van der Waals surface area contributed by atoms with Crippen LogP contribution in [0.3, 0.4) is 0 Å². The minimum absolute atomic E-state index is 0.0490. The molecule has 2 N–H and O–H groups in total. The SMILES string of the molecule is Cc1cccc(CSc2nc3n(n2)[C@H](c2cccc(Br)c2)[C@@H](C(=O)Nc2ccc(C)cc2C)[C@@H](C)N3)c1. The number of thioether (sulfide) groups is 1. The number of anilines is 2. The average Bonchev–Trinajstić information content (AvgIpc) is 3.26. The Kier molecular flexibility index (Phi) is 7.40. The summed E-state index contributed by atoms with van der Waals surface area (Å²) in [5, 5.41) is 12.2. The lowest BCUT2D eigenvalue weighted by Gasteiger charge is -2.37. The summed E-state index contributed by atoms with van der Waals surface area (Å²) in [5.74, 6) is 1.00. The number of carbonyl (C=O) groups is 1. The van der Waals surface area contributed by atoms with E-state index in [9.17, 15) is 4.79 Å². The molecule has 8 heteroatoms. The van der Waals surface area contributed by atoms with Gasteiger partial charge in [-0.05, 0) is 62.6 Å². The Balaban J connectivity index is 1.48. The van der Waals surface area contributed by atoms with Gasteiger partial charge in [0.15, 0.2) is 0 Å². The molecule has 3 atom stereocenters. The van der Waals surface area contributed by atoms with E-state index in [0.29, 0.717) is 11.1 Å². The van der Waals surface area contributed by atoms with Crippen molar-refractivity contribution < 1.29 is 4.79 Å². The number of nitrogens with zero attached hydrogens (tertiary/aromatic N) is 3. The van der Waals surface area contributed by atoms with Gasteiger partial charge in [0.05, 0.1) is 12.0 Å². The van der Waals surface area contributed by atoms with Crippen molar-refractivity contribution in [3.63, 3.8) is 0 Å². The molecule has 190 valence electrons. The van der Waals surface area contributed by atoms with E-state index in [4.69, 9.17) is 10.1 Å². The minimum atomic E-state index is -0.404. The number of nitrogens with one attached hydrogen (secondary N) is 2. The van der Waals surface area contributed by atoms with Gasteiger partial charge in [0.1, 0.15) is 0 Å². The molecule has 0 radical (unpaired) electrons. The van der Waals surface area contributed by atoms with Gasteiger partial charge in [-0.3, -0.25) is 4.79 Å². The summed E-state index contributed by atoms with van der Waals surface area (Å²) in [6.45, 7) is 8.20. The maximum Gasteiger partial charge on any atom is 0.232 e. The molecule has 0 fully saturated rings.